The summed E-state index contributed by atoms with van der Waals surface area (Å²) in [5.41, 5.74) is 0.313. The molecule has 9 heteroatoms. The number of sulfonamides is 1. The molecule has 2 rings (SSSR count). The number of nitrogens with one attached hydrogen (secondary N) is 2. The summed E-state index contributed by atoms with van der Waals surface area (Å²) in [5.74, 6) is -2.30. The van der Waals surface area contributed by atoms with Crippen molar-refractivity contribution in [2.24, 2.45) is 0 Å². The quantitative estimate of drug-likeness (QED) is 0.863. The number of carbonyl (C=O) groups is 1. The van der Waals surface area contributed by atoms with E-state index in [-0.39, 0.29) is 17.3 Å². The van der Waals surface area contributed by atoms with Crippen molar-refractivity contribution in [2.75, 3.05) is 17.1 Å². The minimum Gasteiger partial charge on any atom is -0.495 e. The van der Waals surface area contributed by atoms with Crippen molar-refractivity contribution in [2.45, 2.75) is 11.8 Å². The highest BCUT2D eigenvalue weighted by Gasteiger charge is 2.21. The summed E-state index contributed by atoms with van der Waals surface area (Å²) in [5, 5.41) is 2.49. The first kappa shape index (κ1) is 17.7. The molecule has 0 aromatic heterocycles. The van der Waals surface area contributed by atoms with Crippen LogP contribution in [0.5, 0.6) is 5.75 Å². The SMILES string of the molecule is COc1ccc(NC(C)=O)cc1NS(=O)(=O)c1ccc(F)cc1F. The van der Waals surface area contributed by atoms with Gasteiger partial charge < -0.3 is 10.1 Å². The second-order valence-electron chi connectivity index (χ2n) is 4.78. The number of ether oxygens (including phenoxy) is 1. The van der Waals surface area contributed by atoms with Gasteiger partial charge in [-0.05, 0) is 30.3 Å². The molecule has 1 amide bonds. The van der Waals surface area contributed by atoms with E-state index in [1.807, 2.05) is 0 Å². The predicted molar refractivity (Wildman–Crippen MR) is 84.5 cm³/mol. The number of hydrogen-bond donors (Lipinski definition) is 2. The molecule has 24 heavy (non-hydrogen) atoms. The lowest BCUT2D eigenvalue weighted by Crippen LogP contribution is -2.16. The van der Waals surface area contributed by atoms with Gasteiger partial charge in [0.2, 0.25) is 5.91 Å². The number of halogens is 2. The molecular formula is C15H14F2N2O4S. The van der Waals surface area contributed by atoms with Crippen LogP contribution in [0, 0.1) is 11.6 Å². The molecule has 0 aliphatic carbocycles. The number of amides is 1. The highest BCUT2D eigenvalue weighted by atomic mass is 32.2. The molecule has 0 saturated carbocycles. The standard InChI is InChI=1S/C15H14F2N2O4S/c1-9(20)18-11-4-5-14(23-2)13(8-11)19-24(21,22)15-6-3-10(16)7-12(15)17/h3-8,19H,1-2H3,(H,18,20). The number of anilines is 2. The molecule has 0 unspecified atom stereocenters. The predicted octanol–water partition coefficient (Wildman–Crippen LogP) is 2.73. The highest BCUT2D eigenvalue weighted by Crippen LogP contribution is 2.30. The Kier molecular flexibility index (Phi) is 5.03. The zero-order valence-electron chi connectivity index (χ0n) is 12.8. The summed E-state index contributed by atoms with van der Waals surface area (Å²) in [6.45, 7) is 1.29. The molecule has 0 spiro atoms. The molecule has 0 radical (unpaired) electrons. The summed E-state index contributed by atoms with van der Waals surface area (Å²) < 4.78 is 58.5. The topological polar surface area (TPSA) is 84.5 Å². The second-order valence-corrected chi connectivity index (χ2v) is 6.43. The summed E-state index contributed by atoms with van der Waals surface area (Å²) in [7, 11) is -3.00. The van der Waals surface area contributed by atoms with Gasteiger partial charge >= 0.3 is 0 Å². The van der Waals surface area contributed by atoms with Crippen molar-refractivity contribution in [1.82, 2.24) is 0 Å². The molecule has 2 N–H and O–H groups in total. The third kappa shape index (κ3) is 3.99. The van der Waals surface area contributed by atoms with Gasteiger partial charge in [0, 0.05) is 18.7 Å². The van der Waals surface area contributed by atoms with E-state index < -0.39 is 26.6 Å². The first-order valence-corrected chi connectivity index (χ1v) is 8.15. The van der Waals surface area contributed by atoms with E-state index in [2.05, 4.69) is 10.0 Å². The van der Waals surface area contributed by atoms with Gasteiger partial charge in [0.1, 0.15) is 22.3 Å². The van der Waals surface area contributed by atoms with Crippen LogP contribution in [-0.4, -0.2) is 21.4 Å². The maximum absolute atomic E-state index is 13.7. The Labute approximate surface area is 137 Å². The lowest BCUT2D eigenvalue weighted by Gasteiger charge is -2.14. The van der Waals surface area contributed by atoms with Crippen LogP contribution in [0.2, 0.25) is 0 Å². The lowest BCUT2D eigenvalue weighted by atomic mass is 10.2. The van der Waals surface area contributed by atoms with Crippen molar-refractivity contribution in [3.05, 3.63) is 48.0 Å². The third-order valence-electron chi connectivity index (χ3n) is 2.95. The number of carbonyl (C=O) groups excluding carboxylic acids is 1. The van der Waals surface area contributed by atoms with Gasteiger partial charge in [0.25, 0.3) is 10.0 Å². The fourth-order valence-electron chi connectivity index (χ4n) is 1.96. The average Bonchev–Trinajstić information content (AvgIpc) is 2.46. The van der Waals surface area contributed by atoms with E-state index in [1.165, 1.54) is 32.2 Å². The smallest absolute Gasteiger partial charge is 0.264 e. The van der Waals surface area contributed by atoms with Crippen LogP contribution in [0.1, 0.15) is 6.92 Å². The zero-order valence-corrected chi connectivity index (χ0v) is 13.6. The fourth-order valence-corrected chi connectivity index (χ4v) is 3.08. The molecule has 0 bridgehead atoms. The third-order valence-corrected chi connectivity index (χ3v) is 4.35. The van der Waals surface area contributed by atoms with Gasteiger partial charge in [0.05, 0.1) is 12.8 Å². The van der Waals surface area contributed by atoms with Crippen LogP contribution in [0.4, 0.5) is 20.2 Å². The highest BCUT2D eigenvalue weighted by molar-refractivity contribution is 7.92. The van der Waals surface area contributed by atoms with Gasteiger partial charge in [0.15, 0.2) is 0 Å². The Morgan fingerprint density at radius 1 is 1.12 bits per heavy atom. The van der Waals surface area contributed by atoms with Gasteiger partial charge in [-0.2, -0.15) is 0 Å². The number of methoxy groups -OCH3 is 1. The van der Waals surface area contributed by atoms with Crippen molar-refractivity contribution >= 4 is 27.3 Å². The van der Waals surface area contributed by atoms with Crippen LogP contribution in [0.15, 0.2) is 41.3 Å². The second kappa shape index (κ2) is 6.83. The average molecular weight is 356 g/mol. The Hall–Kier alpha value is -2.68. The van der Waals surface area contributed by atoms with E-state index in [1.54, 1.807) is 0 Å². The molecular weight excluding hydrogens is 342 g/mol. The van der Waals surface area contributed by atoms with E-state index >= 15 is 0 Å². The normalized spacial score (nSPS) is 11.0. The van der Waals surface area contributed by atoms with Crippen LogP contribution in [0.3, 0.4) is 0 Å². The zero-order chi connectivity index (χ0) is 17.9. The minimum atomic E-state index is -4.32. The Morgan fingerprint density at radius 2 is 1.83 bits per heavy atom. The van der Waals surface area contributed by atoms with Crippen molar-refractivity contribution < 1.29 is 26.7 Å². The van der Waals surface area contributed by atoms with Crippen LogP contribution in [-0.2, 0) is 14.8 Å². The Balaban J connectivity index is 2.42. The Morgan fingerprint density at radius 3 is 2.42 bits per heavy atom. The van der Waals surface area contributed by atoms with Crippen molar-refractivity contribution in [1.29, 1.82) is 0 Å². The molecule has 0 saturated heterocycles. The molecule has 2 aromatic carbocycles. The number of benzene rings is 2. The van der Waals surface area contributed by atoms with Gasteiger partial charge in [-0.25, -0.2) is 17.2 Å². The van der Waals surface area contributed by atoms with Crippen molar-refractivity contribution in [3.8, 4) is 5.75 Å². The first-order chi connectivity index (χ1) is 11.2. The van der Waals surface area contributed by atoms with Crippen molar-refractivity contribution in [3.63, 3.8) is 0 Å². The minimum absolute atomic E-state index is 0.00697. The van der Waals surface area contributed by atoms with E-state index in [4.69, 9.17) is 4.74 Å². The molecule has 6 nitrogen and oxygen atoms in total. The largest absolute Gasteiger partial charge is 0.495 e. The molecule has 2 aromatic rings. The molecule has 0 heterocycles. The molecule has 0 aliphatic heterocycles. The van der Waals surface area contributed by atoms with Crippen LogP contribution >= 0.6 is 0 Å². The first-order valence-electron chi connectivity index (χ1n) is 6.66. The summed E-state index contributed by atoms with van der Waals surface area (Å²) >= 11 is 0. The number of hydrogen-bond acceptors (Lipinski definition) is 4. The van der Waals surface area contributed by atoms with Gasteiger partial charge in [-0.3, -0.25) is 9.52 Å². The molecule has 128 valence electrons. The fraction of sp³-hybridized carbons (Fsp3) is 0.133. The summed E-state index contributed by atoms with van der Waals surface area (Å²) in [6.07, 6.45) is 0. The lowest BCUT2D eigenvalue weighted by molar-refractivity contribution is -0.114. The van der Waals surface area contributed by atoms with Crippen LogP contribution < -0.4 is 14.8 Å². The van der Waals surface area contributed by atoms with Crippen LogP contribution in [0.25, 0.3) is 0 Å². The maximum atomic E-state index is 13.7. The van der Waals surface area contributed by atoms with E-state index in [0.717, 1.165) is 12.1 Å². The van der Waals surface area contributed by atoms with E-state index in [0.29, 0.717) is 11.8 Å². The summed E-state index contributed by atoms with van der Waals surface area (Å²) in [6, 6.07) is 6.39. The maximum Gasteiger partial charge on any atom is 0.264 e. The van der Waals surface area contributed by atoms with Gasteiger partial charge in [-0.15, -0.1) is 0 Å². The van der Waals surface area contributed by atoms with E-state index in [9.17, 15) is 22.0 Å². The molecule has 0 atom stereocenters. The molecule has 0 aliphatic rings. The Bertz CT molecular complexity index is 885. The molecule has 0 fully saturated rings. The van der Waals surface area contributed by atoms with Gasteiger partial charge in [-0.1, -0.05) is 0 Å². The summed E-state index contributed by atoms with van der Waals surface area (Å²) in [4.78, 5) is 10.4. The number of rotatable bonds is 5. The monoisotopic (exact) mass is 356 g/mol.